The third kappa shape index (κ3) is 4.15. The van der Waals surface area contributed by atoms with E-state index in [1.165, 1.54) is 28.5 Å². The molecule has 3 aromatic rings. The van der Waals surface area contributed by atoms with E-state index < -0.39 is 5.82 Å². The summed E-state index contributed by atoms with van der Waals surface area (Å²) in [5.74, 6) is -0.436. The highest BCUT2D eigenvalue weighted by atomic mass is 19.1. The summed E-state index contributed by atoms with van der Waals surface area (Å²) in [7, 11) is 0. The van der Waals surface area contributed by atoms with Gasteiger partial charge in [-0.25, -0.2) is 4.39 Å². The van der Waals surface area contributed by atoms with Gasteiger partial charge in [0, 0.05) is 32.7 Å². The van der Waals surface area contributed by atoms with Crippen LogP contribution in [-0.2, 0) is 11.3 Å². The van der Waals surface area contributed by atoms with Crippen molar-refractivity contribution in [2.24, 2.45) is 0 Å². The molecule has 0 radical (unpaired) electrons. The first-order chi connectivity index (χ1) is 13.7. The maximum atomic E-state index is 13.6. The molecule has 0 aromatic heterocycles. The van der Waals surface area contributed by atoms with Crippen molar-refractivity contribution in [1.29, 1.82) is 0 Å². The predicted octanol–water partition coefficient (Wildman–Crippen LogP) is 3.70. The quantitative estimate of drug-likeness (QED) is 0.679. The van der Waals surface area contributed by atoms with E-state index in [4.69, 9.17) is 4.74 Å². The third-order valence-corrected chi connectivity index (χ3v) is 5.19. The van der Waals surface area contributed by atoms with Crippen LogP contribution in [-0.4, -0.2) is 48.5 Å². The molecular formula is C23H23FN2O2. The van der Waals surface area contributed by atoms with Gasteiger partial charge < -0.3 is 9.64 Å². The zero-order valence-corrected chi connectivity index (χ0v) is 15.7. The summed E-state index contributed by atoms with van der Waals surface area (Å²) in [6.07, 6.45) is 0. The fourth-order valence-electron chi connectivity index (χ4n) is 3.62. The number of piperazine rings is 1. The second-order valence-corrected chi connectivity index (χ2v) is 7.01. The lowest BCUT2D eigenvalue weighted by Gasteiger charge is -2.34. The minimum Gasteiger partial charge on any atom is -0.481 e. The highest BCUT2D eigenvalue weighted by Crippen LogP contribution is 2.21. The Morgan fingerprint density at radius 2 is 1.61 bits per heavy atom. The van der Waals surface area contributed by atoms with E-state index >= 15 is 0 Å². The zero-order chi connectivity index (χ0) is 19.3. The van der Waals surface area contributed by atoms with Gasteiger partial charge in [-0.3, -0.25) is 9.69 Å². The first-order valence-corrected chi connectivity index (χ1v) is 9.55. The summed E-state index contributed by atoms with van der Waals surface area (Å²) >= 11 is 0. The van der Waals surface area contributed by atoms with E-state index in [1.54, 1.807) is 17.0 Å². The first kappa shape index (κ1) is 18.4. The number of carbonyl (C=O) groups is 1. The van der Waals surface area contributed by atoms with E-state index in [0.29, 0.717) is 13.1 Å². The maximum absolute atomic E-state index is 13.6. The van der Waals surface area contributed by atoms with Crippen molar-refractivity contribution >= 4 is 16.7 Å². The molecular weight excluding hydrogens is 355 g/mol. The van der Waals surface area contributed by atoms with E-state index in [0.717, 1.165) is 19.6 Å². The molecule has 1 aliphatic heterocycles. The van der Waals surface area contributed by atoms with Gasteiger partial charge in [0.15, 0.2) is 18.2 Å². The van der Waals surface area contributed by atoms with Gasteiger partial charge in [-0.2, -0.15) is 0 Å². The summed E-state index contributed by atoms with van der Waals surface area (Å²) in [5.41, 5.74) is 1.31. The van der Waals surface area contributed by atoms with Crippen molar-refractivity contribution in [1.82, 2.24) is 9.80 Å². The number of amides is 1. The average molecular weight is 378 g/mol. The number of rotatable bonds is 5. The number of ether oxygens (including phenoxy) is 1. The zero-order valence-electron chi connectivity index (χ0n) is 15.7. The van der Waals surface area contributed by atoms with Crippen LogP contribution in [0.25, 0.3) is 10.8 Å². The van der Waals surface area contributed by atoms with Gasteiger partial charge in [-0.15, -0.1) is 0 Å². The summed E-state index contributed by atoms with van der Waals surface area (Å²) in [5, 5.41) is 2.53. The van der Waals surface area contributed by atoms with Gasteiger partial charge in [0.2, 0.25) is 0 Å². The van der Waals surface area contributed by atoms with Crippen LogP contribution < -0.4 is 4.74 Å². The molecule has 1 aliphatic rings. The lowest BCUT2D eigenvalue weighted by molar-refractivity contribution is -0.135. The van der Waals surface area contributed by atoms with Crippen LogP contribution in [0.5, 0.6) is 5.75 Å². The molecule has 0 spiro atoms. The maximum Gasteiger partial charge on any atom is 0.260 e. The van der Waals surface area contributed by atoms with E-state index in [-0.39, 0.29) is 18.3 Å². The number of hydrogen-bond donors (Lipinski definition) is 0. The van der Waals surface area contributed by atoms with E-state index in [2.05, 4.69) is 47.4 Å². The number of halogens is 1. The van der Waals surface area contributed by atoms with Crippen LogP contribution in [0.15, 0.2) is 66.7 Å². The van der Waals surface area contributed by atoms with Crippen LogP contribution in [0.2, 0.25) is 0 Å². The van der Waals surface area contributed by atoms with Gasteiger partial charge in [0.1, 0.15) is 0 Å². The molecule has 1 saturated heterocycles. The number of hydrogen-bond acceptors (Lipinski definition) is 3. The van der Waals surface area contributed by atoms with Gasteiger partial charge in [-0.05, 0) is 28.5 Å². The molecule has 0 saturated carbocycles. The van der Waals surface area contributed by atoms with Gasteiger partial charge >= 0.3 is 0 Å². The van der Waals surface area contributed by atoms with Crippen molar-refractivity contribution in [3.05, 3.63) is 78.1 Å². The van der Waals surface area contributed by atoms with Gasteiger partial charge in [-0.1, -0.05) is 54.6 Å². The molecule has 0 unspecified atom stereocenters. The molecule has 1 fully saturated rings. The monoisotopic (exact) mass is 378 g/mol. The number of nitrogens with zero attached hydrogens (tertiary/aromatic N) is 2. The molecule has 3 aromatic carbocycles. The normalized spacial score (nSPS) is 15.0. The first-order valence-electron chi connectivity index (χ1n) is 9.55. The lowest BCUT2D eigenvalue weighted by atomic mass is 10.0. The van der Waals surface area contributed by atoms with Gasteiger partial charge in [0.05, 0.1) is 0 Å². The summed E-state index contributed by atoms with van der Waals surface area (Å²) in [6, 6.07) is 20.9. The highest BCUT2D eigenvalue weighted by molar-refractivity contribution is 5.85. The predicted molar refractivity (Wildman–Crippen MR) is 108 cm³/mol. The third-order valence-electron chi connectivity index (χ3n) is 5.19. The van der Waals surface area contributed by atoms with Crippen LogP contribution in [0.1, 0.15) is 5.56 Å². The second kappa shape index (κ2) is 8.40. The van der Waals surface area contributed by atoms with Crippen LogP contribution in [0.3, 0.4) is 0 Å². The fourth-order valence-corrected chi connectivity index (χ4v) is 3.62. The average Bonchev–Trinajstić information content (AvgIpc) is 2.74. The van der Waals surface area contributed by atoms with Crippen molar-refractivity contribution in [3.63, 3.8) is 0 Å². The Hall–Kier alpha value is -2.92. The SMILES string of the molecule is O=C(COc1ccccc1F)N1CCN(Cc2cccc3ccccc23)CC1. The van der Waals surface area contributed by atoms with Crippen molar-refractivity contribution in [2.75, 3.05) is 32.8 Å². The summed E-state index contributed by atoms with van der Waals surface area (Å²) in [6.45, 7) is 3.68. The molecule has 1 amide bonds. The van der Waals surface area contributed by atoms with Crippen LogP contribution in [0, 0.1) is 5.82 Å². The standard InChI is InChI=1S/C23H23FN2O2/c24-21-10-3-4-11-22(21)28-17-23(27)26-14-12-25(13-15-26)16-19-8-5-7-18-6-1-2-9-20(18)19/h1-11H,12-17H2. The Morgan fingerprint density at radius 3 is 2.43 bits per heavy atom. The molecule has 1 heterocycles. The minimum atomic E-state index is -0.449. The van der Waals surface area contributed by atoms with Crippen molar-refractivity contribution < 1.29 is 13.9 Å². The summed E-state index contributed by atoms with van der Waals surface area (Å²) < 4.78 is 18.9. The summed E-state index contributed by atoms with van der Waals surface area (Å²) in [4.78, 5) is 16.5. The molecule has 0 N–H and O–H groups in total. The number of fused-ring (bicyclic) bond motifs is 1. The van der Waals surface area contributed by atoms with E-state index in [1.807, 2.05) is 0 Å². The Kier molecular flexibility index (Phi) is 5.53. The Labute approximate surface area is 164 Å². The smallest absolute Gasteiger partial charge is 0.260 e. The molecule has 28 heavy (non-hydrogen) atoms. The Balaban J connectivity index is 1.30. The number of benzene rings is 3. The highest BCUT2D eigenvalue weighted by Gasteiger charge is 2.22. The topological polar surface area (TPSA) is 32.8 Å². The van der Waals surface area contributed by atoms with Crippen molar-refractivity contribution in [2.45, 2.75) is 6.54 Å². The number of carbonyl (C=O) groups excluding carboxylic acids is 1. The Bertz CT molecular complexity index is 962. The number of para-hydroxylation sites is 1. The fraction of sp³-hybridized carbons (Fsp3) is 0.261. The van der Waals surface area contributed by atoms with Crippen LogP contribution >= 0.6 is 0 Å². The largest absolute Gasteiger partial charge is 0.481 e. The molecule has 0 aliphatic carbocycles. The molecule has 0 bridgehead atoms. The molecule has 144 valence electrons. The Morgan fingerprint density at radius 1 is 0.893 bits per heavy atom. The van der Waals surface area contributed by atoms with Gasteiger partial charge in [0.25, 0.3) is 5.91 Å². The molecule has 4 rings (SSSR count). The molecule has 4 nitrogen and oxygen atoms in total. The minimum absolute atomic E-state index is 0.104. The van der Waals surface area contributed by atoms with Crippen LogP contribution in [0.4, 0.5) is 4.39 Å². The molecule has 5 heteroatoms. The second-order valence-electron chi connectivity index (χ2n) is 7.01. The molecule has 0 atom stereocenters. The lowest BCUT2D eigenvalue weighted by Crippen LogP contribution is -2.49. The van der Waals surface area contributed by atoms with Crippen molar-refractivity contribution in [3.8, 4) is 5.75 Å². The van der Waals surface area contributed by atoms with E-state index in [9.17, 15) is 9.18 Å².